The number of carbonyl (C=O) groups is 1. The Labute approximate surface area is 75.8 Å². The van der Waals surface area contributed by atoms with Crippen molar-refractivity contribution in [1.29, 1.82) is 0 Å². The molecule has 0 atom stereocenters. The predicted molar refractivity (Wildman–Crippen MR) is 47.4 cm³/mol. The van der Waals surface area contributed by atoms with Crippen molar-refractivity contribution in [3.05, 3.63) is 60.1 Å². The van der Waals surface area contributed by atoms with E-state index in [4.69, 9.17) is 4.42 Å². The molecular formula is C11H7O2. The lowest BCUT2D eigenvalue weighted by Gasteiger charge is -1.94. The van der Waals surface area contributed by atoms with E-state index in [1.165, 1.54) is 6.26 Å². The minimum absolute atomic E-state index is 0.134. The summed E-state index contributed by atoms with van der Waals surface area (Å²) in [6, 6.07) is 13.2. The van der Waals surface area contributed by atoms with E-state index in [9.17, 15) is 4.79 Å². The van der Waals surface area contributed by atoms with E-state index in [2.05, 4.69) is 6.07 Å². The molecule has 0 amide bonds. The Bertz CT molecular complexity index is 387. The second-order valence-electron chi connectivity index (χ2n) is 2.58. The Morgan fingerprint density at radius 3 is 2.77 bits per heavy atom. The molecule has 2 rings (SSSR count). The van der Waals surface area contributed by atoms with Gasteiger partial charge in [0.15, 0.2) is 5.76 Å². The van der Waals surface area contributed by atoms with Crippen molar-refractivity contribution in [1.82, 2.24) is 0 Å². The minimum Gasteiger partial charge on any atom is -0.461 e. The summed E-state index contributed by atoms with van der Waals surface area (Å²) in [6.45, 7) is 0. The average Bonchev–Trinajstić information content (AvgIpc) is 2.71. The first-order valence-electron chi connectivity index (χ1n) is 3.93. The molecule has 0 fully saturated rings. The summed E-state index contributed by atoms with van der Waals surface area (Å²) in [7, 11) is 0. The van der Waals surface area contributed by atoms with Crippen molar-refractivity contribution >= 4 is 5.78 Å². The van der Waals surface area contributed by atoms with Gasteiger partial charge in [-0.1, -0.05) is 24.3 Å². The molecule has 2 heteroatoms. The highest BCUT2D eigenvalue weighted by atomic mass is 16.3. The maximum Gasteiger partial charge on any atom is 0.228 e. The minimum atomic E-state index is -0.134. The molecule has 0 N–H and O–H groups in total. The van der Waals surface area contributed by atoms with Gasteiger partial charge in [0.25, 0.3) is 0 Å². The van der Waals surface area contributed by atoms with Gasteiger partial charge in [0.05, 0.1) is 6.26 Å². The molecule has 0 aliphatic rings. The van der Waals surface area contributed by atoms with Gasteiger partial charge in [-0.15, -0.1) is 0 Å². The van der Waals surface area contributed by atoms with E-state index >= 15 is 0 Å². The van der Waals surface area contributed by atoms with E-state index < -0.39 is 0 Å². The highest BCUT2D eigenvalue weighted by molar-refractivity contribution is 6.06. The van der Waals surface area contributed by atoms with Gasteiger partial charge in [-0.2, -0.15) is 0 Å². The number of carbonyl (C=O) groups excluding carboxylic acids is 1. The van der Waals surface area contributed by atoms with Crippen LogP contribution in [-0.4, -0.2) is 5.78 Å². The summed E-state index contributed by atoms with van der Waals surface area (Å²) in [5.74, 6) is 0.216. The van der Waals surface area contributed by atoms with Gasteiger partial charge < -0.3 is 4.42 Å². The van der Waals surface area contributed by atoms with Gasteiger partial charge in [0.1, 0.15) is 0 Å². The standard InChI is InChI=1S/C11H7O2/c12-11(10-7-4-8-13-10)9-5-2-1-3-6-9/h1-5,7-8H. The fourth-order valence-electron chi connectivity index (χ4n) is 1.08. The van der Waals surface area contributed by atoms with Crippen LogP contribution in [0.3, 0.4) is 0 Å². The van der Waals surface area contributed by atoms with E-state index in [-0.39, 0.29) is 5.78 Å². The van der Waals surface area contributed by atoms with E-state index in [1.54, 1.807) is 30.3 Å². The van der Waals surface area contributed by atoms with Crippen LogP contribution in [0.1, 0.15) is 16.1 Å². The van der Waals surface area contributed by atoms with Crippen LogP contribution in [0.15, 0.2) is 47.1 Å². The maximum absolute atomic E-state index is 11.6. The molecule has 1 aromatic heterocycles. The van der Waals surface area contributed by atoms with Crippen LogP contribution in [0.2, 0.25) is 0 Å². The number of ketones is 1. The zero-order valence-corrected chi connectivity index (χ0v) is 6.86. The third kappa shape index (κ3) is 1.51. The Kier molecular flexibility index (Phi) is 1.96. The molecular weight excluding hydrogens is 164 g/mol. The summed E-state index contributed by atoms with van der Waals surface area (Å²) in [5, 5.41) is 0. The van der Waals surface area contributed by atoms with E-state index in [1.807, 2.05) is 6.07 Å². The molecule has 63 valence electrons. The lowest BCUT2D eigenvalue weighted by Crippen LogP contribution is -1.98. The molecule has 0 saturated heterocycles. The molecule has 2 nitrogen and oxygen atoms in total. The second kappa shape index (κ2) is 3.27. The van der Waals surface area contributed by atoms with E-state index in [0.717, 1.165) is 0 Å². The summed E-state index contributed by atoms with van der Waals surface area (Å²) in [6.07, 6.45) is 1.48. The van der Waals surface area contributed by atoms with Crippen LogP contribution < -0.4 is 0 Å². The first-order valence-corrected chi connectivity index (χ1v) is 3.93. The van der Waals surface area contributed by atoms with Crippen molar-refractivity contribution in [2.24, 2.45) is 0 Å². The molecule has 0 aliphatic heterocycles. The number of rotatable bonds is 2. The van der Waals surface area contributed by atoms with Gasteiger partial charge in [0.2, 0.25) is 5.78 Å². The Morgan fingerprint density at radius 1 is 1.23 bits per heavy atom. The summed E-state index contributed by atoms with van der Waals surface area (Å²) in [4.78, 5) is 11.6. The lowest BCUT2D eigenvalue weighted by molar-refractivity contribution is 0.101. The number of furan rings is 1. The molecule has 0 saturated carbocycles. The van der Waals surface area contributed by atoms with Crippen LogP contribution in [-0.2, 0) is 0 Å². The first kappa shape index (κ1) is 7.80. The van der Waals surface area contributed by atoms with Crippen LogP contribution in [0.5, 0.6) is 0 Å². The molecule has 0 bridgehead atoms. The zero-order valence-electron chi connectivity index (χ0n) is 6.86. The smallest absolute Gasteiger partial charge is 0.228 e. The zero-order chi connectivity index (χ0) is 9.10. The normalized spacial score (nSPS) is 9.85. The molecule has 1 heterocycles. The molecule has 1 radical (unpaired) electrons. The van der Waals surface area contributed by atoms with Crippen LogP contribution >= 0.6 is 0 Å². The summed E-state index contributed by atoms with van der Waals surface area (Å²) >= 11 is 0. The summed E-state index contributed by atoms with van der Waals surface area (Å²) in [5.41, 5.74) is 0.525. The Balaban J connectivity index is 2.34. The number of hydrogen-bond acceptors (Lipinski definition) is 2. The molecule has 13 heavy (non-hydrogen) atoms. The van der Waals surface area contributed by atoms with Crippen molar-refractivity contribution in [2.75, 3.05) is 0 Å². The predicted octanol–water partition coefficient (Wildman–Crippen LogP) is 2.31. The van der Waals surface area contributed by atoms with Gasteiger partial charge in [-0.3, -0.25) is 4.79 Å². The molecule has 0 spiro atoms. The third-order valence-electron chi connectivity index (χ3n) is 1.70. The largest absolute Gasteiger partial charge is 0.461 e. The fraction of sp³-hybridized carbons (Fsp3) is 0. The number of hydrogen-bond donors (Lipinski definition) is 0. The van der Waals surface area contributed by atoms with Crippen molar-refractivity contribution in [2.45, 2.75) is 0 Å². The monoisotopic (exact) mass is 171 g/mol. The maximum atomic E-state index is 11.6. The van der Waals surface area contributed by atoms with Gasteiger partial charge in [-0.05, 0) is 18.2 Å². The highest BCUT2D eigenvalue weighted by Gasteiger charge is 2.10. The topological polar surface area (TPSA) is 30.2 Å². The van der Waals surface area contributed by atoms with E-state index in [0.29, 0.717) is 11.3 Å². The van der Waals surface area contributed by atoms with Crippen LogP contribution in [0.4, 0.5) is 0 Å². The first-order chi connectivity index (χ1) is 6.38. The van der Waals surface area contributed by atoms with Crippen LogP contribution in [0, 0.1) is 6.07 Å². The Hall–Kier alpha value is -1.83. The third-order valence-corrected chi connectivity index (χ3v) is 1.70. The van der Waals surface area contributed by atoms with Gasteiger partial charge >= 0.3 is 0 Å². The van der Waals surface area contributed by atoms with Crippen molar-refractivity contribution in [3.8, 4) is 0 Å². The second-order valence-corrected chi connectivity index (χ2v) is 2.58. The number of benzene rings is 1. The van der Waals surface area contributed by atoms with Gasteiger partial charge in [-0.25, -0.2) is 0 Å². The van der Waals surface area contributed by atoms with Crippen molar-refractivity contribution < 1.29 is 9.21 Å². The molecule has 1 aromatic carbocycles. The average molecular weight is 171 g/mol. The molecule has 0 aliphatic carbocycles. The summed E-state index contributed by atoms with van der Waals surface area (Å²) < 4.78 is 4.98. The quantitative estimate of drug-likeness (QED) is 0.649. The highest BCUT2D eigenvalue weighted by Crippen LogP contribution is 2.08. The van der Waals surface area contributed by atoms with Gasteiger partial charge in [0, 0.05) is 5.56 Å². The molecule has 2 aromatic rings. The lowest BCUT2D eigenvalue weighted by atomic mass is 10.1. The fourth-order valence-corrected chi connectivity index (χ4v) is 1.08. The van der Waals surface area contributed by atoms with Crippen LogP contribution in [0.25, 0.3) is 0 Å². The molecule has 0 unspecified atom stereocenters. The SMILES string of the molecule is O=C(c1[c]cccc1)c1ccco1. The van der Waals surface area contributed by atoms with Crippen molar-refractivity contribution in [3.63, 3.8) is 0 Å². The Morgan fingerprint density at radius 2 is 2.15 bits per heavy atom.